The van der Waals surface area contributed by atoms with E-state index in [2.05, 4.69) is 15.0 Å². The maximum atomic E-state index is 13.8. The van der Waals surface area contributed by atoms with Crippen molar-refractivity contribution in [2.45, 2.75) is 32.8 Å². The molecule has 66 heavy (non-hydrogen) atoms. The Bertz CT molecular complexity index is 3250. The second kappa shape index (κ2) is 17.8. The fourth-order valence-electron chi connectivity index (χ4n) is 8.06. The zero-order valence-electron chi connectivity index (χ0n) is 36.5. The number of hydrogen-bond donors (Lipinski definition) is 2. The molecular formula is C46H45N8O10S2+. The van der Waals surface area contributed by atoms with Gasteiger partial charge in [0.15, 0.2) is 11.5 Å². The highest BCUT2D eigenvalue weighted by Crippen LogP contribution is 2.46. The Morgan fingerprint density at radius 3 is 1.73 bits per heavy atom. The molecule has 2 aliphatic heterocycles. The summed E-state index contributed by atoms with van der Waals surface area (Å²) in [4.78, 5) is 42.8. The van der Waals surface area contributed by atoms with E-state index in [0.717, 1.165) is 44.0 Å². The SMILES string of the molecule is CN(c1c2c(c(O)c3ncccc13)C(=O)N(Cc1cc[n+](O)cc1)C2)S(C)(=O)=O.COc1ccc(COc2c3c(c(N(C)S(C)(=O)=O)c4cccnc24)CN(Cc2ccncc2)C3=O)cc1. The standard InChI is InChI=1S/C27H26N4O5S.C19H18N4O5S/c1-30(37(3,33)34)25-21-5-4-12-29-24(21)26(36-17-19-6-8-20(35-2)9-7-19)23-22(25)16-31(27(23)32)15-18-10-13-28-14-11-18;1-21(29(2,27)28)17-13-4-3-7-20-16(13)18(24)15-14(17)11-22(19(15)25)10-12-5-8-23(26)9-6-12/h4-14H,15-17H2,1-3H3;3-9H,10-11H2,1-2H3,(H-,24,25,26)/p+1. The average molecular weight is 934 g/mol. The Labute approximate surface area is 380 Å². The number of aromatic hydroxyl groups is 1. The Morgan fingerprint density at radius 2 is 1.18 bits per heavy atom. The number of anilines is 2. The maximum absolute atomic E-state index is 13.8. The summed E-state index contributed by atoms with van der Waals surface area (Å²) >= 11 is 0. The van der Waals surface area contributed by atoms with Gasteiger partial charge in [0.05, 0.1) is 42.1 Å². The summed E-state index contributed by atoms with van der Waals surface area (Å²) in [5.74, 6) is 0.164. The minimum Gasteiger partial charge on any atom is -0.505 e. The Balaban J connectivity index is 0.000000185. The van der Waals surface area contributed by atoms with Crippen LogP contribution in [0, 0.1) is 0 Å². The van der Waals surface area contributed by atoms with Crippen LogP contribution >= 0.6 is 0 Å². The van der Waals surface area contributed by atoms with E-state index in [4.69, 9.17) is 9.47 Å². The molecule has 0 aliphatic carbocycles. The number of pyridine rings is 4. The molecule has 0 spiro atoms. The van der Waals surface area contributed by atoms with Gasteiger partial charge in [-0.25, -0.2) is 16.8 Å². The number of amides is 2. The molecule has 0 atom stereocenters. The zero-order chi connectivity index (χ0) is 47.1. The molecular weight excluding hydrogens is 889 g/mol. The molecule has 0 radical (unpaired) electrons. The van der Waals surface area contributed by atoms with E-state index in [-0.39, 0.29) is 49.0 Å². The van der Waals surface area contributed by atoms with E-state index in [1.54, 1.807) is 67.0 Å². The van der Waals surface area contributed by atoms with E-state index in [1.165, 1.54) is 41.9 Å². The van der Waals surface area contributed by atoms with Gasteiger partial charge in [-0.1, -0.05) is 12.1 Å². The number of nitrogens with zero attached hydrogens (tertiary/aromatic N) is 8. The third kappa shape index (κ3) is 8.66. The summed E-state index contributed by atoms with van der Waals surface area (Å²) in [5, 5.41) is 21.2. The maximum Gasteiger partial charge on any atom is 0.258 e. The topological polar surface area (TPSA) is 217 Å². The van der Waals surface area contributed by atoms with E-state index >= 15 is 0 Å². The zero-order valence-corrected chi connectivity index (χ0v) is 38.1. The number of ether oxygens (including phenoxy) is 2. The van der Waals surface area contributed by atoms with Crippen molar-refractivity contribution < 1.29 is 50.9 Å². The van der Waals surface area contributed by atoms with Gasteiger partial charge in [0.25, 0.3) is 11.8 Å². The molecule has 7 aromatic rings. The minimum absolute atomic E-state index is 0.0647. The molecule has 3 aromatic carbocycles. The first-order chi connectivity index (χ1) is 31.5. The summed E-state index contributed by atoms with van der Waals surface area (Å²) in [6.45, 7) is 1.14. The number of rotatable bonds is 12. The predicted octanol–water partition coefficient (Wildman–Crippen LogP) is 4.79. The number of carbonyl (C=O) groups is 2. The molecule has 9 rings (SSSR count). The van der Waals surface area contributed by atoms with Gasteiger partial charge in [-0.3, -0.25) is 38.4 Å². The van der Waals surface area contributed by atoms with Crippen LogP contribution in [0.3, 0.4) is 0 Å². The van der Waals surface area contributed by atoms with Crippen LogP contribution in [-0.2, 0) is 52.8 Å². The fraction of sp³-hybridized carbons (Fsp3) is 0.217. The quantitative estimate of drug-likeness (QED) is 0.125. The lowest BCUT2D eigenvalue weighted by atomic mass is 10.0. The van der Waals surface area contributed by atoms with Crippen molar-refractivity contribution in [1.82, 2.24) is 24.8 Å². The highest BCUT2D eigenvalue weighted by atomic mass is 32.2. The van der Waals surface area contributed by atoms with E-state index in [9.17, 15) is 36.7 Å². The normalized spacial score (nSPS) is 13.3. The number of aromatic nitrogens is 4. The molecule has 2 N–H and O–H groups in total. The number of benzene rings is 3. The van der Waals surface area contributed by atoms with Crippen LogP contribution in [0.2, 0.25) is 0 Å². The first-order valence-corrected chi connectivity index (χ1v) is 24.0. The monoisotopic (exact) mass is 933 g/mol. The van der Waals surface area contributed by atoms with Crippen molar-refractivity contribution in [1.29, 1.82) is 0 Å². The molecule has 0 saturated heterocycles. The van der Waals surface area contributed by atoms with Crippen molar-refractivity contribution in [3.8, 4) is 17.2 Å². The Morgan fingerprint density at radius 1 is 0.682 bits per heavy atom. The second-order valence-electron chi connectivity index (χ2n) is 15.7. The van der Waals surface area contributed by atoms with E-state index < -0.39 is 26.0 Å². The summed E-state index contributed by atoms with van der Waals surface area (Å²) in [6, 6.07) is 21.3. The third-order valence-electron chi connectivity index (χ3n) is 11.5. The molecule has 0 saturated carbocycles. The smallest absolute Gasteiger partial charge is 0.258 e. The fourth-order valence-corrected chi connectivity index (χ4v) is 9.14. The van der Waals surface area contributed by atoms with Crippen LogP contribution in [0.1, 0.15) is 48.5 Å². The van der Waals surface area contributed by atoms with Crippen molar-refractivity contribution >= 4 is 65.0 Å². The van der Waals surface area contributed by atoms with Crippen molar-refractivity contribution in [2.75, 3.05) is 42.3 Å². The first kappa shape index (κ1) is 45.0. The number of fused-ring (bicyclic) bond motifs is 4. The average Bonchev–Trinajstić information content (AvgIpc) is 3.80. The van der Waals surface area contributed by atoms with Crippen LogP contribution in [0.15, 0.2) is 110 Å². The second-order valence-corrected chi connectivity index (χ2v) is 19.8. The van der Waals surface area contributed by atoms with Crippen molar-refractivity contribution in [3.63, 3.8) is 0 Å². The molecule has 4 aromatic heterocycles. The van der Waals surface area contributed by atoms with Crippen LogP contribution < -0.4 is 22.8 Å². The molecule has 0 bridgehead atoms. The lowest BCUT2D eigenvalue weighted by molar-refractivity contribution is -0.904. The first-order valence-electron chi connectivity index (χ1n) is 20.3. The number of sulfonamides is 2. The Kier molecular flexibility index (Phi) is 12.1. The molecule has 2 aliphatic rings. The van der Waals surface area contributed by atoms with E-state index in [1.807, 2.05) is 36.4 Å². The van der Waals surface area contributed by atoms with Gasteiger partial charge < -0.3 is 24.4 Å². The van der Waals surface area contributed by atoms with Gasteiger partial charge in [0.1, 0.15) is 23.4 Å². The van der Waals surface area contributed by atoms with Crippen molar-refractivity contribution in [3.05, 3.63) is 149 Å². The number of hydrogen-bond acceptors (Lipinski definition) is 13. The third-order valence-corrected chi connectivity index (χ3v) is 13.8. The summed E-state index contributed by atoms with van der Waals surface area (Å²) in [7, 11) is -2.73. The van der Waals surface area contributed by atoms with Crippen LogP contribution in [0.25, 0.3) is 21.8 Å². The van der Waals surface area contributed by atoms with Gasteiger partial charge >= 0.3 is 0 Å². The minimum atomic E-state index is -3.62. The number of phenolic OH excluding ortho intramolecular Hbond substituents is 1. The van der Waals surface area contributed by atoms with Gasteiger partial charge in [-0.2, -0.15) is 0 Å². The molecule has 0 unspecified atom stereocenters. The van der Waals surface area contributed by atoms with Crippen LogP contribution in [0.5, 0.6) is 17.2 Å². The Hall–Kier alpha value is -7.58. The molecule has 0 fully saturated rings. The van der Waals surface area contributed by atoms with Crippen LogP contribution in [-0.4, -0.2) is 97.4 Å². The molecule has 20 heteroatoms. The molecule has 6 heterocycles. The predicted molar refractivity (Wildman–Crippen MR) is 244 cm³/mol. The highest BCUT2D eigenvalue weighted by Gasteiger charge is 2.39. The van der Waals surface area contributed by atoms with Gasteiger partial charge in [0, 0.05) is 104 Å². The van der Waals surface area contributed by atoms with Crippen molar-refractivity contribution in [2.24, 2.45) is 0 Å². The van der Waals surface area contributed by atoms with Crippen LogP contribution in [0.4, 0.5) is 11.4 Å². The molecule has 340 valence electrons. The number of methoxy groups -OCH3 is 1. The summed E-state index contributed by atoms with van der Waals surface area (Å²) < 4.78 is 64.5. The highest BCUT2D eigenvalue weighted by molar-refractivity contribution is 7.92. The van der Waals surface area contributed by atoms with Gasteiger partial charge in [-0.15, -0.1) is 0 Å². The molecule has 18 nitrogen and oxygen atoms in total. The summed E-state index contributed by atoms with van der Waals surface area (Å²) in [5.41, 5.74) is 5.38. The van der Waals surface area contributed by atoms with Gasteiger partial charge in [0.2, 0.25) is 32.4 Å². The number of phenols is 1. The lowest BCUT2D eigenvalue weighted by Gasteiger charge is -2.23. The molecule has 2 amide bonds. The largest absolute Gasteiger partial charge is 0.505 e. The van der Waals surface area contributed by atoms with E-state index in [0.29, 0.717) is 56.6 Å². The lowest BCUT2D eigenvalue weighted by Crippen LogP contribution is -2.29. The summed E-state index contributed by atoms with van der Waals surface area (Å²) in [6.07, 6.45) is 11.5. The number of carbonyl (C=O) groups excluding carboxylic acids is 2. The van der Waals surface area contributed by atoms with Gasteiger partial charge in [-0.05, 0) is 65.2 Å².